The van der Waals surface area contributed by atoms with Crippen LogP contribution in [0.1, 0.15) is 27.2 Å². The summed E-state index contributed by atoms with van der Waals surface area (Å²) in [5.41, 5.74) is 0. The average molecular weight is 239 g/mol. The van der Waals surface area contributed by atoms with E-state index in [9.17, 15) is 0 Å². The summed E-state index contributed by atoms with van der Waals surface area (Å²) in [5.74, 6) is 1.63. The Balaban J connectivity index is 2.48. The van der Waals surface area contributed by atoms with E-state index in [1.54, 1.807) is 12.4 Å². The van der Waals surface area contributed by atoms with E-state index in [1.165, 1.54) is 0 Å². The number of rotatable bonds is 7. The number of aliphatic hydroxyl groups is 1. The van der Waals surface area contributed by atoms with Crippen molar-refractivity contribution in [2.75, 3.05) is 18.5 Å². The van der Waals surface area contributed by atoms with Gasteiger partial charge in [-0.25, -0.2) is 0 Å². The van der Waals surface area contributed by atoms with Crippen LogP contribution in [0.3, 0.4) is 0 Å². The minimum absolute atomic E-state index is 0.0906. The van der Waals surface area contributed by atoms with Gasteiger partial charge in [0.25, 0.3) is 0 Å². The van der Waals surface area contributed by atoms with Crippen LogP contribution >= 0.6 is 0 Å². The van der Waals surface area contributed by atoms with Crippen LogP contribution < -0.4 is 10.1 Å². The summed E-state index contributed by atoms with van der Waals surface area (Å²) in [6.07, 6.45) is 4.14. The molecule has 0 fully saturated rings. The molecule has 1 unspecified atom stereocenters. The van der Waals surface area contributed by atoms with Gasteiger partial charge in [-0.1, -0.05) is 6.92 Å². The first-order valence-corrected chi connectivity index (χ1v) is 5.95. The topological polar surface area (TPSA) is 67.3 Å². The van der Waals surface area contributed by atoms with Crippen LogP contribution in [0.25, 0.3) is 0 Å². The number of ether oxygens (including phenoxy) is 1. The first-order chi connectivity index (χ1) is 8.11. The number of hydrogen-bond acceptors (Lipinski definition) is 5. The quantitative estimate of drug-likeness (QED) is 0.758. The van der Waals surface area contributed by atoms with Crippen molar-refractivity contribution in [3.63, 3.8) is 0 Å². The van der Waals surface area contributed by atoms with Gasteiger partial charge in [-0.05, 0) is 26.2 Å². The number of anilines is 1. The summed E-state index contributed by atoms with van der Waals surface area (Å²) in [6, 6.07) is 0. The molecule has 1 aromatic rings. The molecule has 0 aliphatic carbocycles. The van der Waals surface area contributed by atoms with E-state index in [-0.39, 0.29) is 12.7 Å². The summed E-state index contributed by atoms with van der Waals surface area (Å²) in [7, 11) is 0. The van der Waals surface area contributed by atoms with Gasteiger partial charge in [-0.2, -0.15) is 4.98 Å². The van der Waals surface area contributed by atoms with Crippen molar-refractivity contribution in [3.8, 4) is 5.88 Å². The van der Waals surface area contributed by atoms with E-state index < -0.39 is 0 Å². The van der Waals surface area contributed by atoms with E-state index in [4.69, 9.17) is 9.84 Å². The van der Waals surface area contributed by atoms with Gasteiger partial charge in [-0.15, -0.1) is 0 Å². The Labute approximate surface area is 102 Å². The smallest absolute Gasteiger partial charge is 0.234 e. The highest BCUT2D eigenvalue weighted by Crippen LogP contribution is 2.11. The monoisotopic (exact) mass is 239 g/mol. The standard InChI is InChI=1S/C12H21N3O2/c1-9(2)17-12-8-13-7-11(15-12)14-6-10(3)4-5-16/h7-10,16H,4-6H2,1-3H3,(H,14,15). The highest BCUT2D eigenvalue weighted by atomic mass is 16.5. The highest BCUT2D eigenvalue weighted by Gasteiger charge is 2.04. The molecule has 1 aromatic heterocycles. The summed E-state index contributed by atoms with van der Waals surface area (Å²) in [4.78, 5) is 8.35. The molecule has 96 valence electrons. The lowest BCUT2D eigenvalue weighted by Crippen LogP contribution is -2.14. The maximum absolute atomic E-state index is 8.80. The third-order valence-electron chi connectivity index (χ3n) is 2.22. The molecule has 5 heteroatoms. The molecule has 5 nitrogen and oxygen atoms in total. The van der Waals surface area contributed by atoms with Crippen molar-refractivity contribution >= 4 is 5.82 Å². The van der Waals surface area contributed by atoms with Crippen molar-refractivity contribution in [2.24, 2.45) is 5.92 Å². The maximum Gasteiger partial charge on any atom is 0.234 e. The predicted octanol–water partition coefficient (Wildman–Crippen LogP) is 1.69. The third kappa shape index (κ3) is 5.49. The zero-order valence-electron chi connectivity index (χ0n) is 10.7. The molecule has 1 atom stereocenters. The number of aromatic nitrogens is 2. The molecule has 1 heterocycles. The van der Waals surface area contributed by atoms with Crippen LogP contribution in [-0.4, -0.2) is 34.3 Å². The van der Waals surface area contributed by atoms with E-state index >= 15 is 0 Å². The van der Waals surface area contributed by atoms with Crippen molar-refractivity contribution < 1.29 is 9.84 Å². The first-order valence-electron chi connectivity index (χ1n) is 5.95. The third-order valence-corrected chi connectivity index (χ3v) is 2.22. The molecular weight excluding hydrogens is 218 g/mol. The molecule has 0 bridgehead atoms. The number of hydrogen-bond donors (Lipinski definition) is 2. The second-order valence-corrected chi connectivity index (χ2v) is 4.41. The second-order valence-electron chi connectivity index (χ2n) is 4.41. The van der Waals surface area contributed by atoms with Crippen LogP contribution in [-0.2, 0) is 0 Å². The number of aliphatic hydroxyl groups excluding tert-OH is 1. The Morgan fingerprint density at radius 1 is 1.35 bits per heavy atom. The van der Waals surface area contributed by atoms with Crippen LogP contribution in [0.15, 0.2) is 12.4 Å². The SMILES string of the molecule is CC(CCO)CNc1cncc(OC(C)C)n1. The van der Waals surface area contributed by atoms with Crippen LogP contribution in [0.2, 0.25) is 0 Å². The number of nitrogens with zero attached hydrogens (tertiary/aromatic N) is 2. The minimum atomic E-state index is 0.0906. The molecule has 0 amide bonds. The Morgan fingerprint density at radius 3 is 2.76 bits per heavy atom. The maximum atomic E-state index is 8.80. The van der Waals surface area contributed by atoms with Crippen molar-refractivity contribution in [1.29, 1.82) is 0 Å². The Bertz CT molecular complexity index is 331. The molecule has 2 N–H and O–H groups in total. The highest BCUT2D eigenvalue weighted by molar-refractivity contribution is 5.33. The fourth-order valence-corrected chi connectivity index (χ4v) is 1.33. The average Bonchev–Trinajstić information content (AvgIpc) is 2.26. The molecule has 0 aliphatic rings. The molecule has 17 heavy (non-hydrogen) atoms. The molecule has 0 aliphatic heterocycles. The lowest BCUT2D eigenvalue weighted by Gasteiger charge is -2.13. The Morgan fingerprint density at radius 2 is 2.12 bits per heavy atom. The summed E-state index contributed by atoms with van der Waals surface area (Å²) in [6.45, 7) is 6.95. The summed E-state index contributed by atoms with van der Waals surface area (Å²) < 4.78 is 5.46. The predicted molar refractivity (Wildman–Crippen MR) is 67.2 cm³/mol. The molecule has 0 spiro atoms. The largest absolute Gasteiger partial charge is 0.474 e. The van der Waals surface area contributed by atoms with Crippen molar-refractivity contribution in [2.45, 2.75) is 33.3 Å². The van der Waals surface area contributed by atoms with Gasteiger partial charge in [0.2, 0.25) is 5.88 Å². The number of nitrogens with one attached hydrogen (secondary N) is 1. The zero-order chi connectivity index (χ0) is 12.7. The minimum Gasteiger partial charge on any atom is -0.474 e. The lowest BCUT2D eigenvalue weighted by atomic mass is 10.1. The normalized spacial score (nSPS) is 12.5. The van der Waals surface area contributed by atoms with Crippen LogP contribution in [0.4, 0.5) is 5.82 Å². The van der Waals surface area contributed by atoms with Gasteiger partial charge in [0.1, 0.15) is 5.82 Å². The molecule has 0 aromatic carbocycles. The van der Waals surface area contributed by atoms with Crippen molar-refractivity contribution in [1.82, 2.24) is 9.97 Å². The fraction of sp³-hybridized carbons (Fsp3) is 0.667. The lowest BCUT2D eigenvalue weighted by molar-refractivity contribution is 0.232. The van der Waals surface area contributed by atoms with E-state index in [0.717, 1.165) is 13.0 Å². The van der Waals surface area contributed by atoms with Gasteiger partial charge in [0.05, 0.1) is 18.5 Å². The molecule has 0 radical (unpaired) electrons. The molecule has 1 rings (SSSR count). The van der Waals surface area contributed by atoms with Gasteiger partial charge in [0, 0.05) is 13.2 Å². The summed E-state index contributed by atoms with van der Waals surface area (Å²) in [5, 5.41) is 12.0. The Kier molecular flexibility index (Phi) is 5.69. The second kappa shape index (κ2) is 7.06. The summed E-state index contributed by atoms with van der Waals surface area (Å²) >= 11 is 0. The zero-order valence-corrected chi connectivity index (χ0v) is 10.7. The molecule has 0 saturated carbocycles. The van der Waals surface area contributed by atoms with E-state index in [2.05, 4.69) is 22.2 Å². The van der Waals surface area contributed by atoms with E-state index in [0.29, 0.717) is 17.6 Å². The van der Waals surface area contributed by atoms with Gasteiger partial charge in [0.15, 0.2) is 0 Å². The van der Waals surface area contributed by atoms with Crippen LogP contribution in [0, 0.1) is 5.92 Å². The van der Waals surface area contributed by atoms with Crippen LogP contribution in [0.5, 0.6) is 5.88 Å². The van der Waals surface area contributed by atoms with Crippen molar-refractivity contribution in [3.05, 3.63) is 12.4 Å². The van der Waals surface area contributed by atoms with E-state index in [1.807, 2.05) is 13.8 Å². The van der Waals surface area contributed by atoms with Gasteiger partial charge in [-0.3, -0.25) is 4.98 Å². The van der Waals surface area contributed by atoms with Gasteiger partial charge >= 0.3 is 0 Å². The fourth-order valence-electron chi connectivity index (χ4n) is 1.33. The molecule has 0 saturated heterocycles. The first kappa shape index (κ1) is 13.7. The molecular formula is C12H21N3O2. The van der Waals surface area contributed by atoms with Gasteiger partial charge < -0.3 is 15.2 Å². The Hall–Kier alpha value is -1.36.